The van der Waals surface area contributed by atoms with Gasteiger partial charge < -0.3 is 10.2 Å². The van der Waals surface area contributed by atoms with Gasteiger partial charge in [-0.2, -0.15) is 0 Å². The van der Waals surface area contributed by atoms with Crippen molar-refractivity contribution >= 4 is 0 Å². The number of piperidine rings is 1. The molecule has 1 aliphatic carbocycles. The van der Waals surface area contributed by atoms with Gasteiger partial charge in [0.05, 0.1) is 0 Å². The summed E-state index contributed by atoms with van der Waals surface area (Å²) in [6.45, 7) is 6.78. The normalized spacial score (nSPS) is 31.5. The van der Waals surface area contributed by atoms with Crippen molar-refractivity contribution in [2.75, 3.05) is 32.7 Å². The summed E-state index contributed by atoms with van der Waals surface area (Å²) in [5, 5.41) is 3.46. The largest absolute Gasteiger partial charge is 0.316 e. The van der Waals surface area contributed by atoms with E-state index in [-0.39, 0.29) is 0 Å². The van der Waals surface area contributed by atoms with Crippen molar-refractivity contribution in [3.8, 4) is 0 Å². The van der Waals surface area contributed by atoms with Gasteiger partial charge in [0.25, 0.3) is 0 Å². The highest BCUT2D eigenvalue weighted by Gasteiger charge is 2.40. The topological polar surface area (TPSA) is 15.3 Å². The lowest BCUT2D eigenvalue weighted by atomic mass is 9.67. The van der Waals surface area contributed by atoms with E-state index < -0.39 is 0 Å². The molecule has 3 fully saturated rings. The quantitative estimate of drug-likeness (QED) is 0.771. The fourth-order valence-electron chi connectivity index (χ4n) is 3.81. The first-order valence-electron chi connectivity index (χ1n) is 7.29. The van der Waals surface area contributed by atoms with Crippen molar-refractivity contribution in [3.05, 3.63) is 0 Å². The maximum absolute atomic E-state index is 3.46. The van der Waals surface area contributed by atoms with E-state index >= 15 is 0 Å². The zero-order chi connectivity index (χ0) is 10.8. The smallest absolute Gasteiger partial charge is 0.00202 e. The molecule has 2 heterocycles. The highest BCUT2D eigenvalue weighted by Crippen LogP contribution is 2.41. The van der Waals surface area contributed by atoms with Crippen LogP contribution >= 0.6 is 0 Å². The Kier molecular flexibility index (Phi) is 3.21. The lowest BCUT2D eigenvalue weighted by molar-refractivity contribution is 0.0653. The predicted octanol–water partition coefficient (Wildman–Crippen LogP) is 2.25. The number of likely N-dealkylation sites (tertiary alicyclic amines) is 1. The first-order chi connectivity index (χ1) is 7.86. The third kappa shape index (κ3) is 2.28. The lowest BCUT2D eigenvalue weighted by Gasteiger charge is -2.48. The highest BCUT2D eigenvalue weighted by molar-refractivity contribution is 4.95. The molecule has 16 heavy (non-hydrogen) atoms. The zero-order valence-electron chi connectivity index (χ0n) is 10.5. The molecule has 0 unspecified atom stereocenters. The molecule has 0 aromatic carbocycles. The second kappa shape index (κ2) is 4.66. The van der Waals surface area contributed by atoms with Gasteiger partial charge in [-0.15, -0.1) is 0 Å². The number of nitrogens with zero attached hydrogens (tertiary/aromatic N) is 1. The average molecular weight is 222 g/mol. The Morgan fingerprint density at radius 2 is 1.69 bits per heavy atom. The molecule has 0 amide bonds. The van der Waals surface area contributed by atoms with Crippen LogP contribution in [0.15, 0.2) is 0 Å². The molecule has 2 saturated heterocycles. The van der Waals surface area contributed by atoms with E-state index in [9.17, 15) is 0 Å². The van der Waals surface area contributed by atoms with E-state index in [0.717, 1.165) is 11.3 Å². The molecule has 2 heteroatoms. The van der Waals surface area contributed by atoms with E-state index in [1.807, 2.05) is 0 Å². The summed E-state index contributed by atoms with van der Waals surface area (Å²) in [7, 11) is 0. The van der Waals surface area contributed by atoms with Crippen LogP contribution in [-0.2, 0) is 0 Å². The van der Waals surface area contributed by atoms with Crippen LogP contribution in [-0.4, -0.2) is 37.6 Å². The van der Waals surface area contributed by atoms with Crippen LogP contribution in [0.1, 0.15) is 44.9 Å². The zero-order valence-corrected chi connectivity index (χ0v) is 10.5. The second-order valence-corrected chi connectivity index (χ2v) is 6.41. The Morgan fingerprint density at radius 1 is 1.00 bits per heavy atom. The van der Waals surface area contributed by atoms with Crippen molar-refractivity contribution in [1.82, 2.24) is 10.2 Å². The van der Waals surface area contributed by atoms with E-state index in [2.05, 4.69) is 10.2 Å². The molecule has 1 spiro atoms. The molecule has 1 saturated carbocycles. The van der Waals surface area contributed by atoms with Crippen molar-refractivity contribution < 1.29 is 0 Å². The maximum Gasteiger partial charge on any atom is 0.00202 e. The molecule has 2 nitrogen and oxygen atoms in total. The molecule has 0 atom stereocenters. The van der Waals surface area contributed by atoms with E-state index in [1.165, 1.54) is 77.7 Å². The summed E-state index contributed by atoms with van der Waals surface area (Å²) >= 11 is 0. The molecular weight excluding hydrogens is 196 g/mol. The van der Waals surface area contributed by atoms with Gasteiger partial charge in [0, 0.05) is 19.6 Å². The fourth-order valence-corrected chi connectivity index (χ4v) is 3.81. The molecule has 3 rings (SSSR count). The van der Waals surface area contributed by atoms with Gasteiger partial charge in [-0.05, 0) is 62.9 Å². The SMILES string of the molecule is C1CCN(CC2CCC3(CC2)CNC3)CC1. The van der Waals surface area contributed by atoms with E-state index in [1.54, 1.807) is 0 Å². The lowest BCUT2D eigenvalue weighted by Crippen LogP contribution is -2.55. The van der Waals surface area contributed by atoms with Crippen molar-refractivity contribution in [2.45, 2.75) is 44.9 Å². The number of nitrogens with one attached hydrogen (secondary N) is 1. The molecule has 3 aliphatic rings. The van der Waals surface area contributed by atoms with Crippen LogP contribution in [0.25, 0.3) is 0 Å². The summed E-state index contributed by atoms with van der Waals surface area (Å²) in [6.07, 6.45) is 10.4. The molecule has 2 aliphatic heterocycles. The Morgan fingerprint density at radius 3 is 2.25 bits per heavy atom. The summed E-state index contributed by atoms with van der Waals surface area (Å²) in [6, 6.07) is 0. The Bertz CT molecular complexity index is 219. The van der Waals surface area contributed by atoms with E-state index in [4.69, 9.17) is 0 Å². The van der Waals surface area contributed by atoms with Crippen LogP contribution in [0, 0.1) is 11.3 Å². The molecule has 1 N–H and O–H groups in total. The first-order valence-corrected chi connectivity index (χ1v) is 7.29. The maximum atomic E-state index is 3.46. The molecule has 0 aromatic rings. The number of hydrogen-bond donors (Lipinski definition) is 1. The molecule has 0 bridgehead atoms. The second-order valence-electron chi connectivity index (χ2n) is 6.41. The van der Waals surface area contributed by atoms with Crippen LogP contribution < -0.4 is 5.32 Å². The van der Waals surface area contributed by atoms with Gasteiger partial charge in [0.15, 0.2) is 0 Å². The average Bonchev–Trinajstić information content (AvgIpc) is 2.29. The number of hydrogen-bond acceptors (Lipinski definition) is 2. The standard InChI is InChI=1S/C14H26N2/c1-2-8-16(9-3-1)10-13-4-6-14(7-5-13)11-15-12-14/h13,15H,1-12H2. The van der Waals surface area contributed by atoms with Gasteiger partial charge in [0.2, 0.25) is 0 Å². The Balaban J connectivity index is 1.43. The van der Waals surface area contributed by atoms with Crippen molar-refractivity contribution in [3.63, 3.8) is 0 Å². The summed E-state index contributed by atoms with van der Waals surface area (Å²) < 4.78 is 0. The summed E-state index contributed by atoms with van der Waals surface area (Å²) in [5.74, 6) is 1.02. The van der Waals surface area contributed by atoms with Gasteiger partial charge in [-0.1, -0.05) is 6.42 Å². The Labute approximate surface area is 99.8 Å². The molecule has 0 radical (unpaired) electrons. The van der Waals surface area contributed by atoms with Crippen LogP contribution in [0.3, 0.4) is 0 Å². The van der Waals surface area contributed by atoms with Crippen molar-refractivity contribution in [1.29, 1.82) is 0 Å². The molecule has 92 valence electrons. The van der Waals surface area contributed by atoms with Crippen LogP contribution in [0.4, 0.5) is 0 Å². The van der Waals surface area contributed by atoms with Gasteiger partial charge >= 0.3 is 0 Å². The molecule has 0 aromatic heterocycles. The third-order valence-corrected chi connectivity index (χ3v) is 5.13. The summed E-state index contributed by atoms with van der Waals surface area (Å²) in [5.41, 5.74) is 0.748. The van der Waals surface area contributed by atoms with Gasteiger partial charge in [-0.3, -0.25) is 0 Å². The van der Waals surface area contributed by atoms with Gasteiger partial charge in [-0.25, -0.2) is 0 Å². The first kappa shape index (κ1) is 11.0. The van der Waals surface area contributed by atoms with Crippen LogP contribution in [0.2, 0.25) is 0 Å². The number of rotatable bonds is 2. The van der Waals surface area contributed by atoms with Gasteiger partial charge in [0.1, 0.15) is 0 Å². The van der Waals surface area contributed by atoms with Crippen molar-refractivity contribution in [2.24, 2.45) is 11.3 Å². The fraction of sp³-hybridized carbons (Fsp3) is 1.00. The minimum atomic E-state index is 0.748. The summed E-state index contributed by atoms with van der Waals surface area (Å²) in [4.78, 5) is 2.73. The highest BCUT2D eigenvalue weighted by atomic mass is 15.1. The minimum Gasteiger partial charge on any atom is -0.316 e. The van der Waals surface area contributed by atoms with Crippen LogP contribution in [0.5, 0.6) is 0 Å². The van der Waals surface area contributed by atoms with E-state index in [0.29, 0.717) is 0 Å². The Hall–Kier alpha value is -0.0800. The third-order valence-electron chi connectivity index (χ3n) is 5.13. The molecular formula is C14H26N2. The monoisotopic (exact) mass is 222 g/mol. The minimum absolute atomic E-state index is 0.748. The predicted molar refractivity (Wildman–Crippen MR) is 67.6 cm³/mol.